The second-order valence-electron chi connectivity index (χ2n) is 8.61. The van der Waals surface area contributed by atoms with E-state index in [0.29, 0.717) is 12.1 Å². The third-order valence-electron chi connectivity index (χ3n) is 6.91. The van der Waals surface area contributed by atoms with Crippen LogP contribution in [0.15, 0.2) is 84.2 Å². The van der Waals surface area contributed by atoms with Gasteiger partial charge in [0.15, 0.2) is 0 Å². The minimum absolute atomic E-state index is 0.0299. The molecule has 1 N–H and O–H groups in total. The van der Waals surface area contributed by atoms with Gasteiger partial charge in [0.05, 0.1) is 11.5 Å². The number of β-lactam (4-membered cyclic amide) rings is 1. The number of hydrogen-bond acceptors (Lipinski definition) is 2. The van der Waals surface area contributed by atoms with Gasteiger partial charge in [0.1, 0.15) is 17.4 Å². The first-order valence-corrected chi connectivity index (χ1v) is 10.6. The SMILES string of the molecule is CC(CC[C@H]1C(=O)N(c2ccc(F)cc2)C12C1=CC=C(O)C=CC12)c1ccc(F)cc1. The highest BCUT2D eigenvalue weighted by atomic mass is 19.1. The Kier molecular flexibility index (Phi) is 4.58. The highest BCUT2D eigenvalue weighted by Gasteiger charge is 2.76. The number of carbonyl (C=O) groups excluding carboxylic acids is 1. The van der Waals surface area contributed by atoms with E-state index in [4.69, 9.17) is 0 Å². The van der Waals surface area contributed by atoms with Crippen LogP contribution in [0.2, 0.25) is 0 Å². The van der Waals surface area contributed by atoms with Gasteiger partial charge in [-0.3, -0.25) is 4.79 Å². The molecular formula is C26H23F2NO2. The zero-order valence-electron chi connectivity index (χ0n) is 17.1. The number of hydrogen-bond donors (Lipinski definition) is 1. The summed E-state index contributed by atoms with van der Waals surface area (Å²) >= 11 is 0. The van der Waals surface area contributed by atoms with Crippen molar-refractivity contribution in [2.24, 2.45) is 11.8 Å². The van der Waals surface area contributed by atoms with Crippen molar-refractivity contribution in [3.8, 4) is 0 Å². The summed E-state index contributed by atoms with van der Waals surface area (Å²) in [5.41, 5.74) is 2.38. The van der Waals surface area contributed by atoms with Gasteiger partial charge in [0.25, 0.3) is 0 Å². The van der Waals surface area contributed by atoms with Crippen molar-refractivity contribution in [1.29, 1.82) is 0 Å². The highest BCUT2D eigenvalue weighted by Crippen LogP contribution is 2.68. The molecule has 1 saturated heterocycles. The van der Waals surface area contributed by atoms with E-state index in [9.17, 15) is 18.7 Å². The van der Waals surface area contributed by atoms with Gasteiger partial charge in [-0.05, 0) is 78.4 Å². The molecular weight excluding hydrogens is 396 g/mol. The molecule has 1 heterocycles. The van der Waals surface area contributed by atoms with E-state index in [-0.39, 0.29) is 41.1 Å². The number of amides is 1. The van der Waals surface area contributed by atoms with Gasteiger partial charge in [-0.25, -0.2) is 8.78 Å². The minimum atomic E-state index is -0.453. The fraction of sp³-hybridized carbons (Fsp3) is 0.269. The van der Waals surface area contributed by atoms with Crippen molar-refractivity contribution < 1.29 is 18.7 Å². The summed E-state index contributed by atoms with van der Waals surface area (Å²) in [7, 11) is 0. The summed E-state index contributed by atoms with van der Waals surface area (Å²) in [5.74, 6) is -0.331. The zero-order valence-corrected chi connectivity index (χ0v) is 17.1. The average Bonchev–Trinajstić information content (AvgIpc) is 3.45. The largest absolute Gasteiger partial charge is 0.508 e. The smallest absolute Gasteiger partial charge is 0.233 e. The van der Waals surface area contributed by atoms with E-state index >= 15 is 0 Å². The number of benzene rings is 2. The molecule has 4 atom stereocenters. The number of rotatable bonds is 5. The molecule has 1 saturated carbocycles. The first-order chi connectivity index (χ1) is 14.9. The van der Waals surface area contributed by atoms with Gasteiger partial charge >= 0.3 is 0 Å². The summed E-state index contributed by atoms with van der Waals surface area (Å²) in [4.78, 5) is 15.0. The number of nitrogens with zero attached hydrogens (tertiary/aromatic N) is 1. The Hall–Kier alpha value is -3.21. The van der Waals surface area contributed by atoms with Crippen LogP contribution in [0.3, 0.4) is 0 Å². The van der Waals surface area contributed by atoms with E-state index in [1.807, 2.05) is 12.2 Å². The Morgan fingerprint density at radius 2 is 1.68 bits per heavy atom. The van der Waals surface area contributed by atoms with Crippen LogP contribution in [0.1, 0.15) is 31.2 Å². The molecule has 2 aromatic carbocycles. The Balaban J connectivity index is 1.42. The lowest BCUT2D eigenvalue weighted by atomic mass is 9.76. The quantitative estimate of drug-likeness (QED) is 0.621. The molecule has 1 spiro atoms. The average molecular weight is 419 g/mol. The lowest BCUT2D eigenvalue weighted by Gasteiger charge is -2.49. The summed E-state index contributed by atoms with van der Waals surface area (Å²) in [6.07, 6.45) is 8.68. The Labute approximate surface area is 180 Å². The molecule has 5 heteroatoms. The number of anilines is 1. The molecule has 2 aromatic rings. The second-order valence-corrected chi connectivity index (χ2v) is 8.61. The number of fused-ring (bicyclic) bond motifs is 3. The molecule has 0 aromatic heterocycles. The third-order valence-corrected chi connectivity index (χ3v) is 6.91. The molecule has 2 aliphatic carbocycles. The fourth-order valence-corrected chi connectivity index (χ4v) is 5.25. The molecule has 158 valence electrons. The van der Waals surface area contributed by atoms with Crippen LogP contribution in [0.4, 0.5) is 14.5 Å². The van der Waals surface area contributed by atoms with Crippen molar-refractivity contribution >= 4 is 11.6 Å². The van der Waals surface area contributed by atoms with Gasteiger partial charge < -0.3 is 10.0 Å². The maximum absolute atomic E-state index is 13.5. The van der Waals surface area contributed by atoms with Gasteiger partial charge in [0.2, 0.25) is 5.91 Å². The predicted molar refractivity (Wildman–Crippen MR) is 116 cm³/mol. The molecule has 1 aliphatic heterocycles. The monoisotopic (exact) mass is 419 g/mol. The molecule has 3 nitrogen and oxygen atoms in total. The number of aliphatic hydroxyl groups is 1. The molecule has 31 heavy (non-hydrogen) atoms. The van der Waals surface area contributed by atoms with Crippen LogP contribution >= 0.6 is 0 Å². The summed E-state index contributed by atoms with van der Waals surface area (Å²) in [5, 5.41) is 9.82. The fourth-order valence-electron chi connectivity index (χ4n) is 5.25. The van der Waals surface area contributed by atoms with Gasteiger partial charge in [-0.1, -0.05) is 31.2 Å². The summed E-state index contributed by atoms with van der Waals surface area (Å²) < 4.78 is 26.7. The van der Waals surface area contributed by atoms with Crippen molar-refractivity contribution in [3.63, 3.8) is 0 Å². The first-order valence-electron chi connectivity index (χ1n) is 10.6. The van der Waals surface area contributed by atoms with Crippen LogP contribution < -0.4 is 4.90 Å². The van der Waals surface area contributed by atoms with Gasteiger partial charge in [0, 0.05) is 11.6 Å². The Morgan fingerprint density at radius 3 is 2.35 bits per heavy atom. The zero-order chi connectivity index (χ0) is 21.8. The molecule has 0 bridgehead atoms. The van der Waals surface area contributed by atoms with Crippen molar-refractivity contribution in [2.75, 3.05) is 4.90 Å². The lowest BCUT2D eigenvalue weighted by Crippen LogP contribution is -2.65. The third kappa shape index (κ3) is 3.02. The first kappa shape index (κ1) is 19.7. The van der Waals surface area contributed by atoms with E-state index < -0.39 is 5.54 Å². The standard InChI is InChI=1S/C26H23F2NO2/c1-16(17-3-5-18(27)6-4-17)2-13-24-25(31)29(20-9-7-19(28)8-10-20)26(24)22-14-11-21(30)12-15-23(22)26/h3-12,14-16,22,24,30H,2,13H2,1H3/t16?,22?,24-,26?/m0/s1. The highest BCUT2D eigenvalue weighted by molar-refractivity contribution is 6.09. The Morgan fingerprint density at radius 1 is 1.03 bits per heavy atom. The van der Waals surface area contributed by atoms with Crippen LogP contribution in [0.5, 0.6) is 0 Å². The second kappa shape index (κ2) is 7.19. The van der Waals surface area contributed by atoms with Crippen LogP contribution in [0, 0.1) is 23.5 Å². The number of halogens is 2. The molecule has 3 unspecified atom stereocenters. The van der Waals surface area contributed by atoms with E-state index in [1.165, 1.54) is 24.3 Å². The number of allylic oxidation sites excluding steroid dienone is 3. The summed E-state index contributed by atoms with van der Waals surface area (Å²) in [6.45, 7) is 2.09. The van der Waals surface area contributed by atoms with Crippen LogP contribution in [0.25, 0.3) is 0 Å². The van der Waals surface area contributed by atoms with Crippen molar-refractivity contribution in [1.82, 2.24) is 0 Å². The van der Waals surface area contributed by atoms with Gasteiger partial charge in [-0.2, -0.15) is 0 Å². The van der Waals surface area contributed by atoms with E-state index in [0.717, 1.165) is 17.6 Å². The van der Waals surface area contributed by atoms with Crippen molar-refractivity contribution in [3.05, 3.63) is 101 Å². The molecule has 3 aliphatic rings. The maximum atomic E-state index is 13.5. The van der Waals surface area contributed by atoms with Crippen LogP contribution in [-0.4, -0.2) is 16.6 Å². The van der Waals surface area contributed by atoms with E-state index in [1.54, 1.807) is 41.3 Å². The normalized spacial score (nSPS) is 27.2. The topological polar surface area (TPSA) is 40.5 Å². The minimum Gasteiger partial charge on any atom is -0.508 e. The molecule has 2 fully saturated rings. The molecule has 1 amide bonds. The number of carbonyl (C=O) groups is 1. The van der Waals surface area contributed by atoms with Crippen LogP contribution in [-0.2, 0) is 4.79 Å². The maximum Gasteiger partial charge on any atom is 0.233 e. The van der Waals surface area contributed by atoms with Gasteiger partial charge in [-0.15, -0.1) is 0 Å². The summed E-state index contributed by atoms with van der Waals surface area (Å²) in [6, 6.07) is 12.5. The van der Waals surface area contributed by atoms with E-state index in [2.05, 4.69) is 6.92 Å². The predicted octanol–water partition coefficient (Wildman–Crippen LogP) is 5.82. The molecule has 5 rings (SSSR count). The lowest BCUT2D eigenvalue weighted by molar-refractivity contribution is -0.131. The Bertz CT molecular complexity index is 1120. The molecule has 0 radical (unpaired) electrons. The number of aliphatic hydroxyl groups excluding tert-OH is 1. The van der Waals surface area contributed by atoms with Crippen molar-refractivity contribution in [2.45, 2.75) is 31.2 Å².